The van der Waals surface area contributed by atoms with Crippen LogP contribution in [0.1, 0.15) is 25.7 Å². The molecule has 1 aliphatic heterocycles. The summed E-state index contributed by atoms with van der Waals surface area (Å²) in [4.78, 5) is 0. The van der Waals surface area contributed by atoms with Crippen LogP contribution in [0.5, 0.6) is 5.75 Å². The first kappa shape index (κ1) is 11.9. The summed E-state index contributed by atoms with van der Waals surface area (Å²) in [5, 5.41) is 0. The van der Waals surface area contributed by atoms with E-state index in [0.29, 0.717) is 13.2 Å². The molecule has 3 nitrogen and oxygen atoms in total. The normalized spacial score (nSPS) is 17.0. The Labute approximate surface area is 104 Å². The molecule has 0 N–H and O–H groups in total. The fraction of sp³-hybridized carbons (Fsp3) is 0.500. The molecule has 16 heavy (non-hydrogen) atoms. The van der Waals surface area contributed by atoms with Crippen molar-refractivity contribution in [2.75, 3.05) is 13.2 Å². The minimum atomic E-state index is -0.248. The van der Waals surface area contributed by atoms with Gasteiger partial charge in [0, 0.05) is 10.0 Å². The number of benzene rings is 1. The molecule has 0 atom stereocenters. The van der Waals surface area contributed by atoms with E-state index in [-0.39, 0.29) is 12.4 Å². The first-order valence-corrected chi connectivity index (χ1v) is 6.15. The van der Waals surface area contributed by atoms with Crippen molar-refractivity contribution in [3.63, 3.8) is 0 Å². The van der Waals surface area contributed by atoms with E-state index in [1.165, 1.54) is 0 Å². The van der Waals surface area contributed by atoms with E-state index in [4.69, 9.17) is 14.2 Å². The van der Waals surface area contributed by atoms with Gasteiger partial charge in [0.15, 0.2) is 6.29 Å². The number of hydrogen-bond acceptors (Lipinski definition) is 3. The molecule has 1 aromatic rings. The molecule has 0 bridgehead atoms. The van der Waals surface area contributed by atoms with Crippen LogP contribution in [0, 0.1) is 0 Å². The molecule has 2 rings (SSSR count). The van der Waals surface area contributed by atoms with Crippen LogP contribution in [0.15, 0.2) is 22.7 Å². The third kappa shape index (κ3) is 2.75. The standard InChI is InChI=1S/C12H15BrO3/c1-8(2)16-9-3-4-10(11(13)7-9)12-14-5-6-15-12/h3-4,7-8,12H,5-6H2,1-2H3. The van der Waals surface area contributed by atoms with E-state index in [0.717, 1.165) is 15.8 Å². The molecule has 1 saturated heterocycles. The van der Waals surface area contributed by atoms with Crippen LogP contribution < -0.4 is 4.74 Å². The van der Waals surface area contributed by atoms with Crippen molar-refractivity contribution < 1.29 is 14.2 Å². The van der Waals surface area contributed by atoms with Crippen LogP contribution in [0.4, 0.5) is 0 Å². The van der Waals surface area contributed by atoms with Crippen LogP contribution >= 0.6 is 15.9 Å². The van der Waals surface area contributed by atoms with E-state index >= 15 is 0 Å². The first-order valence-electron chi connectivity index (χ1n) is 5.36. The number of ether oxygens (including phenoxy) is 3. The Bertz CT molecular complexity index is 359. The van der Waals surface area contributed by atoms with Crippen LogP contribution in [0.25, 0.3) is 0 Å². The van der Waals surface area contributed by atoms with Crippen molar-refractivity contribution >= 4 is 15.9 Å². The second-order valence-electron chi connectivity index (χ2n) is 3.92. The van der Waals surface area contributed by atoms with Crippen LogP contribution in [-0.4, -0.2) is 19.3 Å². The molecule has 0 aliphatic carbocycles. The molecule has 0 radical (unpaired) electrons. The fourth-order valence-electron chi connectivity index (χ4n) is 1.58. The van der Waals surface area contributed by atoms with Crippen molar-refractivity contribution in [3.8, 4) is 5.75 Å². The van der Waals surface area contributed by atoms with E-state index in [9.17, 15) is 0 Å². The molecule has 0 aromatic heterocycles. The summed E-state index contributed by atoms with van der Waals surface area (Å²) in [6.07, 6.45) is -0.0702. The van der Waals surface area contributed by atoms with Crippen molar-refractivity contribution in [1.29, 1.82) is 0 Å². The molecule has 88 valence electrons. The molecule has 0 amide bonds. The summed E-state index contributed by atoms with van der Waals surface area (Å²) in [7, 11) is 0. The average molecular weight is 287 g/mol. The third-order valence-electron chi connectivity index (χ3n) is 2.22. The molecular weight excluding hydrogens is 272 g/mol. The van der Waals surface area contributed by atoms with Gasteiger partial charge in [-0.2, -0.15) is 0 Å². The summed E-state index contributed by atoms with van der Waals surface area (Å²) < 4.78 is 17.5. The minimum Gasteiger partial charge on any atom is -0.491 e. The summed E-state index contributed by atoms with van der Waals surface area (Å²) in [5.41, 5.74) is 1.01. The largest absolute Gasteiger partial charge is 0.491 e. The van der Waals surface area contributed by atoms with Gasteiger partial charge in [-0.25, -0.2) is 0 Å². The summed E-state index contributed by atoms with van der Waals surface area (Å²) in [6, 6.07) is 5.85. The van der Waals surface area contributed by atoms with E-state index in [1.54, 1.807) is 0 Å². The van der Waals surface area contributed by atoms with Crippen molar-refractivity contribution in [3.05, 3.63) is 28.2 Å². The number of rotatable bonds is 3. The predicted molar refractivity (Wildman–Crippen MR) is 64.6 cm³/mol. The van der Waals surface area contributed by atoms with Gasteiger partial charge in [-0.3, -0.25) is 0 Å². The van der Waals surface area contributed by atoms with E-state index in [1.807, 2.05) is 32.0 Å². The highest BCUT2D eigenvalue weighted by Gasteiger charge is 2.20. The zero-order valence-corrected chi connectivity index (χ0v) is 11.0. The molecule has 1 aromatic carbocycles. The summed E-state index contributed by atoms with van der Waals surface area (Å²) >= 11 is 3.51. The highest BCUT2D eigenvalue weighted by molar-refractivity contribution is 9.10. The highest BCUT2D eigenvalue weighted by atomic mass is 79.9. The summed E-state index contributed by atoms with van der Waals surface area (Å²) in [6.45, 7) is 5.32. The zero-order valence-electron chi connectivity index (χ0n) is 9.40. The molecular formula is C12H15BrO3. The smallest absolute Gasteiger partial charge is 0.185 e. The molecule has 4 heteroatoms. The van der Waals surface area contributed by atoms with Crippen LogP contribution in [0.3, 0.4) is 0 Å². The van der Waals surface area contributed by atoms with Gasteiger partial charge < -0.3 is 14.2 Å². The van der Waals surface area contributed by atoms with Gasteiger partial charge in [0.05, 0.1) is 19.3 Å². The maximum Gasteiger partial charge on any atom is 0.185 e. The minimum absolute atomic E-state index is 0.178. The molecule has 0 saturated carbocycles. The second-order valence-corrected chi connectivity index (χ2v) is 4.78. The highest BCUT2D eigenvalue weighted by Crippen LogP contribution is 2.32. The van der Waals surface area contributed by atoms with Crippen molar-refractivity contribution in [1.82, 2.24) is 0 Å². The Morgan fingerprint density at radius 2 is 2.00 bits per heavy atom. The molecule has 1 aliphatic rings. The Hall–Kier alpha value is -0.580. The number of halogens is 1. The fourth-order valence-corrected chi connectivity index (χ4v) is 2.13. The molecule has 1 fully saturated rings. The van der Waals surface area contributed by atoms with Crippen LogP contribution in [-0.2, 0) is 9.47 Å². The molecule has 0 spiro atoms. The quantitative estimate of drug-likeness (QED) is 0.854. The van der Waals surface area contributed by atoms with Gasteiger partial charge in [-0.15, -0.1) is 0 Å². The van der Waals surface area contributed by atoms with Crippen LogP contribution in [0.2, 0.25) is 0 Å². The Morgan fingerprint density at radius 3 is 2.56 bits per heavy atom. The van der Waals surface area contributed by atoms with Gasteiger partial charge in [-0.05, 0) is 32.0 Å². The Kier molecular flexibility index (Phi) is 3.84. The van der Waals surface area contributed by atoms with Gasteiger partial charge >= 0.3 is 0 Å². The number of hydrogen-bond donors (Lipinski definition) is 0. The van der Waals surface area contributed by atoms with E-state index < -0.39 is 0 Å². The van der Waals surface area contributed by atoms with Gasteiger partial charge in [0.2, 0.25) is 0 Å². The van der Waals surface area contributed by atoms with Crippen molar-refractivity contribution in [2.45, 2.75) is 26.2 Å². The molecule has 0 unspecified atom stereocenters. The average Bonchev–Trinajstić information content (AvgIpc) is 2.69. The van der Waals surface area contributed by atoms with Gasteiger partial charge in [0.25, 0.3) is 0 Å². The Morgan fingerprint density at radius 1 is 1.31 bits per heavy atom. The monoisotopic (exact) mass is 286 g/mol. The van der Waals surface area contributed by atoms with Gasteiger partial charge in [-0.1, -0.05) is 15.9 Å². The maximum atomic E-state index is 5.60. The SMILES string of the molecule is CC(C)Oc1ccc(C2OCCO2)c(Br)c1. The Balaban J connectivity index is 2.15. The lowest BCUT2D eigenvalue weighted by Crippen LogP contribution is -2.06. The summed E-state index contributed by atoms with van der Waals surface area (Å²) in [5.74, 6) is 0.851. The van der Waals surface area contributed by atoms with Crippen molar-refractivity contribution in [2.24, 2.45) is 0 Å². The maximum absolute atomic E-state index is 5.60. The lowest BCUT2D eigenvalue weighted by atomic mass is 10.2. The first-order chi connectivity index (χ1) is 7.66. The van der Waals surface area contributed by atoms with Gasteiger partial charge in [0.1, 0.15) is 5.75 Å². The second kappa shape index (κ2) is 5.17. The predicted octanol–water partition coefficient (Wildman–Crippen LogP) is 3.28. The molecule has 1 heterocycles. The lowest BCUT2D eigenvalue weighted by molar-refractivity contribution is -0.0446. The third-order valence-corrected chi connectivity index (χ3v) is 2.91. The lowest BCUT2D eigenvalue weighted by Gasteiger charge is -2.14. The van der Waals surface area contributed by atoms with E-state index in [2.05, 4.69) is 15.9 Å². The zero-order chi connectivity index (χ0) is 11.5. The topological polar surface area (TPSA) is 27.7 Å².